The number of rotatable bonds is 7. The Hall–Kier alpha value is -1.75. The van der Waals surface area contributed by atoms with Crippen LogP contribution in [-0.4, -0.2) is 50.3 Å². The second-order valence-corrected chi connectivity index (χ2v) is 11.2. The average Bonchev–Trinajstić information content (AvgIpc) is 3.38. The number of nitrogens with one attached hydrogen (secondary N) is 1. The number of aromatic nitrogens is 2. The van der Waals surface area contributed by atoms with Gasteiger partial charge in [0.05, 0.1) is 15.5 Å². The molecule has 2 aliphatic rings. The number of hydrogen-bond donors (Lipinski definition) is 1. The topological polar surface area (TPSA) is 101 Å². The van der Waals surface area contributed by atoms with E-state index < -0.39 is 20.0 Å². The molecule has 0 bridgehead atoms. The Labute approximate surface area is 172 Å². The lowest BCUT2D eigenvalue weighted by Gasteiger charge is -2.15. The number of fused-ring (bicyclic) bond motifs is 1. The molecule has 1 aromatic carbocycles. The zero-order valence-corrected chi connectivity index (χ0v) is 17.9. The number of hydrogen-bond acceptors (Lipinski definition) is 5. The lowest BCUT2D eigenvalue weighted by atomic mass is 10.2. The summed E-state index contributed by atoms with van der Waals surface area (Å²) < 4.78 is 56.4. The molecule has 0 amide bonds. The normalized spacial score (nSPS) is 18.1. The van der Waals surface area contributed by atoms with E-state index in [-0.39, 0.29) is 16.3 Å². The van der Waals surface area contributed by atoms with E-state index in [9.17, 15) is 16.8 Å². The Morgan fingerprint density at radius 1 is 0.897 bits per heavy atom. The number of sulfonamides is 2. The Morgan fingerprint density at radius 3 is 2.24 bits per heavy atom. The minimum atomic E-state index is -3.71. The highest BCUT2D eigenvalue weighted by molar-refractivity contribution is 7.89. The third kappa shape index (κ3) is 4.40. The highest BCUT2D eigenvalue weighted by atomic mass is 32.2. The predicted octanol–water partition coefficient (Wildman–Crippen LogP) is 1.52. The highest BCUT2D eigenvalue weighted by Crippen LogP contribution is 2.22. The Balaban J connectivity index is 1.39. The molecule has 29 heavy (non-hydrogen) atoms. The van der Waals surface area contributed by atoms with E-state index in [1.165, 1.54) is 28.6 Å². The lowest BCUT2D eigenvalue weighted by molar-refractivity contribution is 0.477. The molecular weight excluding hydrogens is 412 g/mol. The molecule has 0 radical (unpaired) electrons. The molecule has 0 unspecified atom stereocenters. The van der Waals surface area contributed by atoms with E-state index in [0.717, 1.165) is 50.2 Å². The van der Waals surface area contributed by atoms with Gasteiger partial charge in [-0.3, -0.25) is 0 Å². The summed E-state index contributed by atoms with van der Waals surface area (Å²) in [4.78, 5) is 4.76. The van der Waals surface area contributed by atoms with E-state index in [4.69, 9.17) is 0 Å². The molecule has 1 aromatic heterocycles. The van der Waals surface area contributed by atoms with Crippen LogP contribution >= 0.6 is 0 Å². The standard InChI is InChI=1S/C19H26N4O4S2/c24-28(25,20-11-10-16-15-22-12-2-1-5-19(22)21-16)17-6-8-18(9-7-17)29(26,27)23-13-3-4-14-23/h6-9,15,20H,1-5,10-14H2. The van der Waals surface area contributed by atoms with Crippen molar-refractivity contribution >= 4 is 20.0 Å². The van der Waals surface area contributed by atoms with Crippen LogP contribution in [0.15, 0.2) is 40.3 Å². The largest absolute Gasteiger partial charge is 0.335 e. The number of imidazole rings is 1. The molecule has 8 nitrogen and oxygen atoms in total. The van der Waals surface area contributed by atoms with E-state index in [0.29, 0.717) is 19.5 Å². The number of aryl methyl sites for hydroxylation is 2. The van der Waals surface area contributed by atoms with Gasteiger partial charge in [0, 0.05) is 45.2 Å². The van der Waals surface area contributed by atoms with E-state index >= 15 is 0 Å². The number of benzene rings is 1. The monoisotopic (exact) mass is 438 g/mol. The van der Waals surface area contributed by atoms with Gasteiger partial charge < -0.3 is 4.57 Å². The van der Waals surface area contributed by atoms with Crippen molar-refractivity contribution in [3.8, 4) is 0 Å². The van der Waals surface area contributed by atoms with Crippen molar-refractivity contribution in [1.82, 2.24) is 18.6 Å². The predicted molar refractivity (Wildman–Crippen MR) is 108 cm³/mol. The second-order valence-electron chi connectivity index (χ2n) is 7.53. The van der Waals surface area contributed by atoms with E-state index in [1.54, 1.807) is 0 Å². The third-order valence-electron chi connectivity index (χ3n) is 5.47. The van der Waals surface area contributed by atoms with Crippen molar-refractivity contribution in [3.05, 3.63) is 42.0 Å². The summed E-state index contributed by atoms with van der Waals surface area (Å²) in [6, 6.07) is 5.43. The van der Waals surface area contributed by atoms with Gasteiger partial charge in [-0.1, -0.05) is 0 Å². The summed E-state index contributed by atoms with van der Waals surface area (Å²) in [6.07, 6.45) is 7.50. The summed E-state index contributed by atoms with van der Waals surface area (Å²) >= 11 is 0. The molecule has 0 aliphatic carbocycles. The minimum absolute atomic E-state index is 0.0574. The molecule has 1 saturated heterocycles. The van der Waals surface area contributed by atoms with Gasteiger partial charge in [0.25, 0.3) is 0 Å². The zero-order valence-electron chi connectivity index (χ0n) is 16.2. The van der Waals surface area contributed by atoms with Gasteiger partial charge in [-0.15, -0.1) is 0 Å². The van der Waals surface area contributed by atoms with Crippen LogP contribution in [0.2, 0.25) is 0 Å². The summed E-state index contributed by atoms with van der Waals surface area (Å²) in [7, 11) is -7.26. The fraction of sp³-hybridized carbons (Fsp3) is 0.526. The van der Waals surface area contributed by atoms with E-state index in [2.05, 4.69) is 14.3 Å². The molecular formula is C19H26N4O4S2. The van der Waals surface area contributed by atoms with Crippen molar-refractivity contribution in [2.24, 2.45) is 0 Å². The first kappa shape index (κ1) is 20.5. The molecule has 4 rings (SSSR count). The van der Waals surface area contributed by atoms with Gasteiger partial charge in [0.2, 0.25) is 20.0 Å². The fourth-order valence-electron chi connectivity index (χ4n) is 3.86. The van der Waals surface area contributed by atoms with Crippen LogP contribution in [0.4, 0.5) is 0 Å². The lowest BCUT2D eigenvalue weighted by Crippen LogP contribution is -2.28. The first-order valence-corrected chi connectivity index (χ1v) is 12.9. The first-order valence-electron chi connectivity index (χ1n) is 10.0. The summed E-state index contributed by atoms with van der Waals surface area (Å²) in [5.41, 5.74) is 0.886. The zero-order chi connectivity index (χ0) is 20.5. The maximum Gasteiger partial charge on any atom is 0.243 e. The van der Waals surface area contributed by atoms with Crippen LogP contribution in [-0.2, 0) is 39.4 Å². The summed E-state index contributed by atoms with van der Waals surface area (Å²) in [5, 5.41) is 0. The van der Waals surface area contributed by atoms with Gasteiger partial charge in [-0.25, -0.2) is 26.5 Å². The SMILES string of the molecule is O=S(=O)(NCCc1cn2c(n1)CCCC2)c1ccc(S(=O)(=O)N2CCCC2)cc1. The van der Waals surface area contributed by atoms with Gasteiger partial charge >= 0.3 is 0 Å². The van der Waals surface area contributed by atoms with Crippen molar-refractivity contribution in [3.63, 3.8) is 0 Å². The molecule has 3 heterocycles. The third-order valence-corrected chi connectivity index (χ3v) is 8.86. The Bertz CT molecular complexity index is 1050. The quantitative estimate of drug-likeness (QED) is 0.706. The maximum absolute atomic E-state index is 12.6. The van der Waals surface area contributed by atoms with Crippen molar-refractivity contribution in [1.29, 1.82) is 0 Å². The van der Waals surface area contributed by atoms with E-state index in [1.807, 2.05) is 6.20 Å². The molecule has 10 heteroatoms. The minimum Gasteiger partial charge on any atom is -0.335 e. The molecule has 2 aromatic rings. The smallest absolute Gasteiger partial charge is 0.243 e. The molecule has 0 spiro atoms. The van der Waals surface area contributed by atoms with Gasteiger partial charge in [0.1, 0.15) is 5.82 Å². The summed E-state index contributed by atoms with van der Waals surface area (Å²) in [6.45, 7) is 2.25. The van der Waals surface area contributed by atoms with Crippen molar-refractivity contribution in [2.75, 3.05) is 19.6 Å². The fourth-order valence-corrected chi connectivity index (χ4v) is 6.41. The van der Waals surface area contributed by atoms with Crippen LogP contribution in [0.3, 0.4) is 0 Å². The molecule has 0 saturated carbocycles. The average molecular weight is 439 g/mol. The Morgan fingerprint density at radius 2 is 1.55 bits per heavy atom. The second kappa shape index (κ2) is 8.17. The van der Waals surface area contributed by atoms with Crippen LogP contribution < -0.4 is 4.72 Å². The van der Waals surface area contributed by atoms with Crippen LogP contribution in [0.25, 0.3) is 0 Å². The molecule has 0 atom stereocenters. The van der Waals surface area contributed by atoms with Crippen molar-refractivity contribution in [2.45, 2.75) is 54.9 Å². The van der Waals surface area contributed by atoms with Crippen molar-refractivity contribution < 1.29 is 16.8 Å². The highest BCUT2D eigenvalue weighted by Gasteiger charge is 2.27. The van der Waals surface area contributed by atoms with Crippen LogP contribution in [0.5, 0.6) is 0 Å². The molecule has 1 N–H and O–H groups in total. The summed E-state index contributed by atoms with van der Waals surface area (Å²) in [5.74, 6) is 1.07. The van der Waals surface area contributed by atoms with Gasteiger partial charge in [-0.05, 0) is 49.9 Å². The number of nitrogens with zero attached hydrogens (tertiary/aromatic N) is 3. The molecule has 1 fully saturated rings. The van der Waals surface area contributed by atoms with Crippen LogP contribution in [0, 0.1) is 0 Å². The first-order chi connectivity index (χ1) is 13.9. The van der Waals surface area contributed by atoms with Gasteiger partial charge in [0.15, 0.2) is 0 Å². The van der Waals surface area contributed by atoms with Gasteiger partial charge in [-0.2, -0.15) is 4.31 Å². The molecule has 2 aliphatic heterocycles. The maximum atomic E-state index is 12.6. The molecule has 158 valence electrons. The Kier molecular flexibility index (Phi) is 5.78. The van der Waals surface area contributed by atoms with Crippen LogP contribution in [0.1, 0.15) is 37.2 Å².